The number of ketones is 1. The highest BCUT2D eigenvalue weighted by atomic mass is 35.6. The number of allylic oxidation sites excluding steroid dienone is 6. The molecule has 0 N–H and O–H groups in total. The number of halogens is 12. The van der Waals surface area contributed by atoms with E-state index >= 15 is 0 Å². The van der Waals surface area contributed by atoms with Crippen molar-refractivity contribution in [3.05, 3.63) is 167 Å². The molecule has 0 saturated heterocycles. The topological polar surface area (TPSA) is 153 Å². The third-order valence-corrected chi connectivity index (χ3v) is 14.1. The second-order valence-corrected chi connectivity index (χ2v) is 27.2. The van der Waals surface area contributed by atoms with Gasteiger partial charge in [-0.25, -0.2) is 29.9 Å². The van der Waals surface area contributed by atoms with Gasteiger partial charge in [-0.15, -0.1) is 0 Å². The number of hydrogen-bond acceptors (Lipinski definition) is 13. The Morgan fingerprint density at radius 1 is 0.481 bits per heavy atom. The number of benzene rings is 4. The lowest BCUT2D eigenvalue weighted by Gasteiger charge is -2.19. The van der Waals surface area contributed by atoms with Crippen molar-refractivity contribution in [2.24, 2.45) is 0 Å². The zero-order chi connectivity index (χ0) is 58.7. The Morgan fingerprint density at radius 3 is 1.11 bits per heavy atom. The van der Waals surface area contributed by atoms with E-state index in [1.165, 1.54) is 0 Å². The molecule has 4 aromatic carbocycles. The molecule has 0 bridgehead atoms. The van der Waals surface area contributed by atoms with E-state index in [2.05, 4.69) is 39.7 Å². The molecule has 0 unspecified atom stereocenters. The van der Waals surface area contributed by atoms with E-state index in [4.69, 9.17) is 149 Å². The molecule has 1 aliphatic carbocycles. The summed E-state index contributed by atoms with van der Waals surface area (Å²) >= 11 is 71.9. The Morgan fingerprint density at radius 2 is 0.802 bits per heavy atom. The van der Waals surface area contributed by atoms with Gasteiger partial charge in [-0.2, -0.15) is 0 Å². The molecule has 0 spiro atoms. The van der Waals surface area contributed by atoms with Crippen molar-refractivity contribution in [2.75, 3.05) is 37.0 Å². The fraction of sp³-hybridized carbons (Fsp3) is 0.268. The van der Waals surface area contributed by atoms with Gasteiger partial charge in [0.25, 0.3) is 0 Å². The van der Waals surface area contributed by atoms with Crippen molar-refractivity contribution in [1.29, 1.82) is 0 Å². The predicted octanol–water partition coefficient (Wildman–Crippen LogP) is 16.7. The molecule has 13 nitrogen and oxygen atoms in total. The maximum Gasteiger partial charge on any atom is 0.311 e. The Hall–Kier alpha value is -4.45. The Bertz CT molecular complexity index is 3040. The molecule has 25 heteroatoms. The van der Waals surface area contributed by atoms with E-state index in [-0.39, 0.29) is 53.6 Å². The molecule has 6 aromatic rings. The largest absolute Gasteiger partial charge is 0.427 e. The van der Waals surface area contributed by atoms with E-state index in [1.54, 1.807) is 48.5 Å². The first-order valence-corrected chi connectivity index (χ1v) is 29.1. The number of ether oxygens (including phenoxy) is 2. The highest BCUT2D eigenvalue weighted by Crippen LogP contribution is 2.43. The summed E-state index contributed by atoms with van der Waals surface area (Å²) in [5.74, 6) is -0.832. The molecular formula is C56H46Cl12N8O5. The normalized spacial score (nSPS) is 14.5. The third-order valence-electron chi connectivity index (χ3n) is 12.0. The highest BCUT2D eigenvalue weighted by Gasteiger charge is 2.35. The van der Waals surface area contributed by atoms with Crippen LogP contribution in [0.15, 0.2) is 133 Å². The SMILES string of the molecule is CN(CCCC(=O)Oc1ccc(-c2nc(C(Cl)(Cl)Cl)nc(C(Cl)(Cl)Cl)n2)cc1)c1ccc(/C=C/C=C2\CCC/C(=C\C=C\c3ccc(N(C)CCCC(=O)Oc4ccc(-c5nc(C(Cl)(Cl)Cl)nc(C(Cl)(Cl)Cl)n5)cc4)cc3)C2=O)cc1. The molecule has 0 aliphatic heterocycles. The lowest BCUT2D eigenvalue weighted by molar-refractivity contribution is -0.135. The summed E-state index contributed by atoms with van der Waals surface area (Å²) in [6.07, 6.45) is 15.3. The molecule has 2 heterocycles. The fourth-order valence-electron chi connectivity index (χ4n) is 7.86. The first-order valence-electron chi connectivity index (χ1n) is 24.5. The zero-order valence-corrected chi connectivity index (χ0v) is 51.8. The second-order valence-electron chi connectivity index (χ2n) is 18.1. The number of esters is 2. The number of carbonyl (C=O) groups excluding carboxylic acids is 3. The number of aromatic nitrogens is 6. The number of nitrogens with zero attached hydrogens (tertiary/aromatic N) is 8. The van der Waals surface area contributed by atoms with Gasteiger partial charge in [-0.3, -0.25) is 14.4 Å². The number of Topliss-reactive ketones (excluding diaryl/α,β-unsaturated/α-hetero) is 1. The van der Waals surface area contributed by atoms with Crippen LogP contribution in [-0.4, -0.2) is 74.8 Å². The van der Waals surface area contributed by atoms with Crippen molar-refractivity contribution < 1.29 is 23.9 Å². The van der Waals surface area contributed by atoms with Crippen LogP contribution in [-0.2, 0) is 29.6 Å². The van der Waals surface area contributed by atoms with E-state index in [0.29, 0.717) is 61.4 Å². The number of hydrogen-bond donors (Lipinski definition) is 0. The molecule has 0 atom stereocenters. The van der Waals surface area contributed by atoms with Crippen LogP contribution in [0.1, 0.15) is 79.4 Å². The Balaban J connectivity index is 0.813. The van der Waals surface area contributed by atoms with Gasteiger partial charge in [0.2, 0.25) is 15.2 Å². The van der Waals surface area contributed by atoms with E-state index in [1.807, 2.05) is 99.1 Å². The average Bonchev–Trinajstić information content (AvgIpc) is 3.62. The van der Waals surface area contributed by atoms with Crippen molar-refractivity contribution in [3.8, 4) is 34.3 Å². The van der Waals surface area contributed by atoms with Gasteiger partial charge in [0.05, 0.1) is 0 Å². The molecule has 0 amide bonds. The molecule has 0 radical (unpaired) electrons. The summed E-state index contributed by atoms with van der Waals surface area (Å²) in [5, 5.41) is 0. The smallest absolute Gasteiger partial charge is 0.311 e. The number of alkyl halides is 12. The maximum absolute atomic E-state index is 13.4. The third kappa shape index (κ3) is 19.3. The average molecular weight is 1340 g/mol. The van der Waals surface area contributed by atoms with Gasteiger partial charge in [-0.05, 0) is 127 Å². The second kappa shape index (κ2) is 28.4. The van der Waals surface area contributed by atoms with Crippen molar-refractivity contribution in [3.63, 3.8) is 0 Å². The molecular weight excluding hydrogens is 1290 g/mol. The molecule has 2 aromatic heterocycles. The quantitative estimate of drug-likeness (QED) is 0.0347. The lowest BCUT2D eigenvalue weighted by atomic mass is 9.88. The summed E-state index contributed by atoms with van der Waals surface area (Å²) in [7, 11) is 3.91. The van der Waals surface area contributed by atoms with Crippen LogP contribution >= 0.6 is 139 Å². The fourth-order valence-corrected chi connectivity index (χ4v) is 8.87. The number of anilines is 2. The molecule has 1 aliphatic rings. The number of rotatable bonds is 18. The molecule has 1 fully saturated rings. The Kier molecular flexibility index (Phi) is 22.5. The van der Waals surface area contributed by atoms with Crippen LogP contribution in [0.25, 0.3) is 34.9 Å². The molecule has 81 heavy (non-hydrogen) atoms. The van der Waals surface area contributed by atoms with Crippen LogP contribution in [0, 0.1) is 0 Å². The number of carbonyl (C=O) groups is 3. The van der Waals surface area contributed by atoms with E-state index in [9.17, 15) is 14.4 Å². The van der Waals surface area contributed by atoms with Crippen LogP contribution in [0.5, 0.6) is 11.5 Å². The first-order chi connectivity index (χ1) is 38.2. The molecule has 7 rings (SSSR count). The van der Waals surface area contributed by atoms with Gasteiger partial charge >= 0.3 is 11.9 Å². The maximum atomic E-state index is 13.4. The molecule has 1 saturated carbocycles. The van der Waals surface area contributed by atoms with Gasteiger partial charge in [0.15, 0.2) is 40.7 Å². The van der Waals surface area contributed by atoms with Crippen LogP contribution in [0.2, 0.25) is 0 Å². The summed E-state index contributed by atoms with van der Waals surface area (Å²) in [5.41, 5.74) is 6.39. The highest BCUT2D eigenvalue weighted by molar-refractivity contribution is 6.68. The van der Waals surface area contributed by atoms with Crippen molar-refractivity contribution in [2.45, 2.75) is 60.1 Å². The van der Waals surface area contributed by atoms with Crippen molar-refractivity contribution >= 4 is 180 Å². The zero-order valence-electron chi connectivity index (χ0n) is 42.7. The van der Waals surface area contributed by atoms with Gasteiger partial charge in [-0.1, -0.05) is 200 Å². The van der Waals surface area contributed by atoms with Gasteiger partial charge < -0.3 is 19.3 Å². The van der Waals surface area contributed by atoms with Crippen LogP contribution in [0.3, 0.4) is 0 Å². The minimum Gasteiger partial charge on any atom is -0.427 e. The summed E-state index contributed by atoms with van der Waals surface area (Å²) in [6.45, 7) is 1.22. The monoisotopic (exact) mass is 1330 g/mol. The Labute approximate surface area is 528 Å². The summed E-state index contributed by atoms with van der Waals surface area (Å²) in [4.78, 5) is 67.7. The van der Waals surface area contributed by atoms with Crippen LogP contribution in [0.4, 0.5) is 11.4 Å². The first kappa shape index (κ1) is 64.1. The van der Waals surface area contributed by atoms with Crippen LogP contribution < -0.4 is 19.3 Å². The lowest BCUT2D eigenvalue weighted by Crippen LogP contribution is -2.20. The minimum absolute atomic E-state index is 0.0479. The summed E-state index contributed by atoms with van der Waals surface area (Å²) in [6, 6.07) is 28.8. The van der Waals surface area contributed by atoms with Gasteiger partial charge in [0.1, 0.15) is 11.5 Å². The van der Waals surface area contributed by atoms with E-state index in [0.717, 1.165) is 40.1 Å². The molecule has 424 valence electrons. The minimum atomic E-state index is -2.00. The van der Waals surface area contributed by atoms with Gasteiger partial charge in [0, 0.05) is 62.5 Å². The predicted molar refractivity (Wildman–Crippen MR) is 330 cm³/mol. The van der Waals surface area contributed by atoms with Crippen molar-refractivity contribution in [1.82, 2.24) is 29.9 Å². The summed E-state index contributed by atoms with van der Waals surface area (Å²) < 4.78 is 3.09. The standard InChI is InChI=1S/C56H46Cl12N8O5/c1-75(32-6-14-44(77)80-42-28-20-38(21-29-42)47-69-49(53(57,58)59)73-50(70-47)54(60,61)62)40-24-16-34(17-25-40)8-3-10-36-12-5-13-37(46(36)79)11-4-9-35-18-26-41(27-19-35)76(2)33-7-15-45(78)81-43-30-22-39(23-31-43)48-71-51(55(63,64)65)74-52(72-48)56(66,67)68/h3-4,8-11,16-31H,5-7,12-15,32-33H2,1-2H3/b8-3+,9-4+,36-10+,37-11+. The van der Waals surface area contributed by atoms with E-state index < -0.39 is 27.1 Å².